The van der Waals surface area contributed by atoms with Crippen LogP contribution in [0.4, 0.5) is 13.2 Å². The number of amides is 1. The second kappa shape index (κ2) is 3.86. The lowest BCUT2D eigenvalue weighted by Crippen LogP contribution is -2.43. The van der Waals surface area contributed by atoms with Crippen LogP contribution in [0.5, 0.6) is 0 Å². The monoisotopic (exact) mass is 205 g/mol. The number of carbonyl (C=O) groups is 1. The molecule has 14 heavy (non-hydrogen) atoms. The Bertz CT molecular complexity index is 280. The molecule has 0 saturated heterocycles. The summed E-state index contributed by atoms with van der Waals surface area (Å²) >= 11 is 0. The van der Waals surface area contributed by atoms with E-state index in [0.29, 0.717) is 12.0 Å². The lowest BCUT2D eigenvalue weighted by molar-refractivity contribution is -0.185. The Balaban J connectivity index is 2.69. The van der Waals surface area contributed by atoms with Crippen LogP contribution >= 0.6 is 0 Å². The molecular weight excluding hydrogens is 195 g/mol. The Morgan fingerprint density at radius 2 is 2.21 bits per heavy atom. The maximum absolute atomic E-state index is 12.0. The van der Waals surface area contributed by atoms with Gasteiger partial charge in [-0.3, -0.25) is 4.79 Å². The van der Waals surface area contributed by atoms with Gasteiger partial charge in [0.05, 0.1) is 0 Å². The minimum atomic E-state index is -4.77. The molecule has 1 aliphatic rings. The number of hydrogen-bond donors (Lipinski definition) is 0. The van der Waals surface area contributed by atoms with Gasteiger partial charge in [-0.2, -0.15) is 13.2 Å². The van der Waals surface area contributed by atoms with Crippen molar-refractivity contribution in [3.05, 3.63) is 24.3 Å². The zero-order valence-electron chi connectivity index (χ0n) is 7.47. The van der Waals surface area contributed by atoms with Crippen LogP contribution in [0.2, 0.25) is 0 Å². The van der Waals surface area contributed by atoms with E-state index in [2.05, 4.69) is 6.58 Å². The lowest BCUT2D eigenvalue weighted by Gasteiger charge is -2.26. The van der Waals surface area contributed by atoms with Gasteiger partial charge in [0.1, 0.15) is 0 Å². The zero-order chi connectivity index (χ0) is 10.8. The van der Waals surface area contributed by atoms with Crippen molar-refractivity contribution in [1.82, 2.24) is 4.90 Å². The summed E-state index contributed by atoms with van der Waals surface area (Å²) in [6, 6.07) is 0. The number of hydrogen-bond acceptors (Lipinski definition) is 1. The summed E-state index contributed by atoms with van der Waals surface area (Å²) in [4.78, 5) is 11.6. The summed E-state index contributed by atoms with van der Waals surface area (Å²) in [5, 5.41) is 0. The quantitative estimate of drug-likeness (QED) is 0.640. The molecule has 0 bridgehead atoms. The molecule has 1 aliphatic heterocycles. The third kappa shape index (κ3) is 2.37. The summed E-state index contributed by atoms with van der Waals surface area (Å²) in [6.07, 6.45) is -1.07. The molecule has 0 radical (unpaired) electrons. The van der Waals surface area contributed by atoms with Crippen molar-refractivity contribution >= 4 is 5.91 Å². The van der Waals surface area contributed by atoms with E-state index in [4.69, 9.17) is 0 Å². The first-order valence-electron chi connectivity index (χ1n) is 4.12. The largest absolute Gasteiger partial charge is 0.471 e. The van der Waals surface area contributed by atoms with E-state index in [1.165, 1.54) is 6.08 Å². The fraction of sp³-hybridized carbons (Fsp3) is 0.444. The van der Waals surface area contributed by atoms with Gasteiger partial charge in [-0.05, 0) is 12.0 Å². The average molecular weight is 205 g/mol. The van der Waals surface area contributed by atoms with Gasteiger partial charge < -0.3 is 4.90 Å². The summed E-state index contributed by atoms with van der Waals surface area (Å²) < 4.78 is 36.1. The smallest absolute Gasteiger partial charge is 0.330 e. The molecule has 0 unspecified atom stereocenters. The number of carbonyl (C=O) groups excluding carboxylic acids is 1. The molecule has 1 amide bonds. The molecule has 0 spiro atoms. The van der Waals surface area contributed by atoms with Crippen molar-refractivity contribution < 1.29 is 18.0 Å². The standard InChI is InChI=1S/C9H10F3NO/c1-2-7-4-3-5-13(6-7)8(14)9(10,11)12/h2,4H,1,3,5-6H2. The molecule has 0 aromatic rings. The molecule has 0 aromatic heterocycles. The minimum Gasteiger partial charge on any atom is -0.330 e. The van der Waals surface area contributed by atoms with Crippen molar-refractivity contribution in [3.8, 4) is 0 Å². The Hall–Kier alpha value is -1.26. The van der Waals surface area contributed by atoms with Gasteiger partial charge in [-0.1, -0.05) is 18.7 Å². The first kappa shape index (κ1) is 10.8. The van der Waals surface area contributed by atoms with Gasteiger partial charge in [0, 0.05) is 13.1 Å². The van der Waals surface area contributed by atoms with E-state index >= 15 is 0 Å². The third-order valence-corrected chi connectivity index (χ3v) is 1.97. The summed E-state index contributed by atoms with van der Waals surface area (Å²) in [7, 11) is 0. The number of halogens is 3. The highest BCUT2D eigenvalue weighted by atomic mass is 19.4. The normalized spacial score (nSPS) is 17.6. The third-order valence-electron chi connectivity index (χ3n) is 1.97. The van der Waals surface area contributed by atoms with Crippen LogP contribution in [-0.4, -0.2) is 30.1 Å². The van der Waals surface area contributed by atoms with Crippen molar-refractivity contribution in [2.24, 2.45) is 0 Å². The van der Waals surface area contributed by atoms with Crippen LogP contribution in [0.1, 0.15) is 6.42 Å². The Morgan fingerprint density at radius 3 is 2.71 bits per heavy atom. The first-order valence-corrected chi connectivity index (χ1v) is 4.12. The van der Waals surface area contributed by atoms with E-state index in [1.54, 1.807) is 6.08 Å². The maximum atomic E-state index is 12.0. The molecule has 0 N–H and O–H groups in total. The zero-order valence-corrected chi connectivity index (χ0v) is 7.47. The van der Waals surface area contributed by atoms with Crippen LogP contribution in [0.15, 0.2) is 24.3 Å². The van der Waals surface area contributed by atoms with Crippen LogP contribution in [0.25, 0.3) is 0 Å². The van der Waals surface area contributed by atoms with Crippen LogP contribution in [0, 0.1) is 0 Å². The van der Waals surface area contributed by atoms with Gasteiger partial charge in [-0.25, -0.2) is 0 Å². The highest BCUT2D eigenvalue weighted by Gasteiger charge is 2.42. The summed E-state index contributed by atoms with van der Waals surface area (Å²) in [5.74, 6) is -1.77. The van der Waals surface area contributed by atoms with E-state index in [9.17, 15) is 18.0 Å². The predicted octanol–water partition coefficient (Wildman–Crippen LogP) is 1.89. The molecule has 1 heterocycles. The Kier molecular flexibility index (Phi) is 2.98. The molecule has 2 nitrogen and oxygen atoms in total. The van der Waals surface area contributed by atoms with Crippen molar-refractivity contribution in [2.75, 3.05) is 13.1 Å². The molecule has 1 rings (SSSR count). The molecule has 0 fully saturated rings. The van der Waals surface area contributed by atoms with Gasteiger partial charge in [0.2, 0.25) is 0 Å². The second-order valence-corrected chi connectivity index (χ2v) is 3.00. The Morgan fingerprint density at radius 1 is 1.57 bits per heavy atom. The highest BCUT2D eigenvalue weighted by molar-refractivity contribution is 5.82. The van der Waals surface area contributed by atoms with Crippen molar-refractivity contribution in [2.45, 2.75) is 12.6 Å². The second-order valence-electron chi connectivity index (χ2n) is 3.00. The molecule has 78 valence electrons. The molecule has 0 aliphatic carbocycles. The van der Waals surface area contributed by atoms with E-state index in [1.807, 2.05) is 0 Å². The number of rotatable bonds is 1. The molecule has 0 saturated carbocycles. The molecule has 0 atom stereocenters. The summed E-state index contributed by atoms with van der Waals surface area (Å²) in [6.45, 7) is 3.58. The lowest BCUT2D eigenvalue weighted by atomic mass is 10.1. The highest BCUT2D eigenvalue weighted by Crippen LogP contribution is 2.21. The molecular formula is C9H10F3NO. The average Bonchev–Trinajstić information content (AvgIpc) is 2.15. The fourth-order valence-corrected chi connectivity index (χ4v) is 1.27. The SMILES string of the molecule is C=CC1=CCCN(C(=O)C(F)(F)F)C1. The number of alkyl halides is 3. The van der Waals surface area contributed by atoms with E-state index < -0.39 is 12.1 Å². The summed E-state index contributed by atoms with van der Waals surface area (Å²) in [5.41, 5.74) is 0.661. The minimum absolute atomic E-state index is 0.00183. The van der Waals surface area contributed by atoms with Gasteiger partial charge >= 0.3 is 12.1 Å². The van der Waals surface area contributed by atoms with Crippen molar-refractivity contribution in [3.63, 3.8) is 0 Å². The predicted molar refractivity (Wildman–Crippen MR) is 45.5 cm³/mol. The topological polar surface area (TPSA) is 20.3 Å². The van der Waals surface area contributed by atoms with Crippen molar-refractivity contribution in [1.29, 1.82) is 0 Å². The maximum Gasteiger partial charge on any atom is 0.471 e. The number of nitrogens with zero attached hydrogens (tertiary/aromatic N) is 1. The van der Waals surface area contributed by atoms with E-state index in [-0.39, 0.29) is 13.1 Å². The fourth-order valence-electron chi connectivity index (χ4n) is 1.27. The first-order chi connectivity index (χ1) is 6.45. The van der Waals surface area contributed by atoms with Gasteiger partial charge in [-0.15, -0.1) is 0 Å². The molecule has 0 aromatic carbocycles. The van der Waals surface area contributed by atoms with E-state index in [0.717, 1.165) is 4.90 Å². The Labute approximate surface area is 79.7 Å². The van der Waals surface area contributed by atoms with Gasteiger partial charge in [0.15, 0.2) is 0 Å². The van der Waals surface area contributed by atoms with Crippen LogP contribution < -0.4 is 0 Å². The van der Waals surface area contributed by atoms with Crippen LogP contribution in [0.3, 0.4) is 0 Å². The van der Waals surface area contributed by atoms with Gasteiger partial charge in [0.25, 0.3) is 0 Å². The van der Waals surface area contributed by atoms with Crippen LogP contribution in [-0.2, 0) is 4.79 Å². The molecule has 5 heteroatoms.